The summed E-state index contributed by atoms with van der Waals surface area (Å²) < 4.78 is 40.6. The van der Waals surface area contributed by atoms with E-state index in [2.05, 4.69) is 20.2 Å². The molecule has 25 heavy (non-hydrogen) atoms. The first-order valence-electron chi connectivity index (χ1n) is 7.83. The summed E-state index contributed by atoms with van der Waals surface area (Å²) in [6.07, 6.45) is 0.289. The fraction of sp³-hybridized carbons (Fsp3) is 0.467. The number of fused-ring (bicyclic) bond motifs is 3. The number of aliphatic hydroxyl groups excluding tert-OH is 1. The van der Waals surface area contributed by atoms with Crippen LogP contribution in [0.25, 0.3) is 16.8 Å². The van der Waals surface area contributed by atoms with E-state index >= 15 is 0 Å². The van der Waals surface area contributed by atoms with Gasteiger partial charge in [0.1, 0.15) is 10.5 Å². The molecule has 0 aromatic carbocycles. The van der Waals surface area contributed by atoms with Gasteiger partial charge in [-0.05, 0) is 30.7 Å². The smallest absolute Gasteiger partial charge is 0.396 e. The van der Waals surface area contributed by atoms with Crippen molar-refractivity contribution >= 4 is 28.6 Å². The van der Waals surface area contributed by atoms with Crippen LogP contribution in [0.15, 0.2) is 23.4 Å². The second kappa shape index (κ2) is 7.52. The molecule has 0 aliphatic rings. The number of aromatic nitrogens is 5. The molecule has 0 saturated carbocycles. The number of hydrogen-bond acceptors (Lipinski definition) is 6. The van der Waals surface area contributed by atoms with Gasteiger partial charge in [-0.3, -0.25) is 4.40 Å². The second-order valence-electron chi connectivity index (χ2n) is 5.43. The van der Waals surface area contributed by atoms with Crippen LogP contribution in [0.1, 0.15) is 31.5 Å². The normalized spacial score (nSPS) is 12.3. The second-order valence-corrected chi connectivity index (χ2v) is 6.51. The van der Waals surface area contributed by atoms with E-state index in [1.54, 1.807) is 12.1 Å². The number of alkyl halides is 3. The van der Waals surface area contributed by atoms with Gasteiger partial charge in [-0.15, -0.1) is 22.0 Å². The zero-order valence-corrected chi connectivity index (χ0v) is 14.0. The summed E-state index contributed by atoms with van der Waals surface area (Å²) in [6.45, 7) is 0.174. The Labute approximate surface area is 145 Å². The molecule has 3 aromatic heterocycles. The van der Waals surface area contributed by atoms with Crippen LogP contribution in [0.5, 0.6) is 0 Å². The van der Waals surface area contributed by atoms with Crippen LogP contribution >= 0.6 is 11.8 Å². The minimum absolute atomic E-state index is 0.0684. The molecule has 134 valence electrons. The van der Waals surface area contributed by atoms with Gasteiger partial charge in [0.15, 0.2) is 11.3 Å². The van der Waals surface area contributed by atoms with Crippen LogP contribution in [0.2, 0.25) is 0 Å². The number of thioether (sulfide) groups is 1. The molecule has 0 amide bonds. The molecule has 0 bridgehead atoms. The van der Waals surface area contributed by atoms with E-state index in [0.717, 1.165) is 30.1 Å². The maximum absolute atomic E-state index is 13.2. The van der Waals surface area contributed by atoms with Crippen LogP contribution < -0.4 is 0 Å². The van der Waals surface area contributed by atoms with E-state index in [4.69, 9.17) is 5.11 Å². The Balaban J connectivity index is 1.94. The Morgan fingerprint density at radius 3 is 2.64 bits per heavy atom. The van der Waals surface area contributed by atoms with E-state index in [9.17, 15) is 13.2 Å². The number of halogens is 3. The zero-order valence-electron chi connectivity index (χ0n) is 13.2. The first-order valence-corrected chi connectivity index (χ1v) is 8.81. The number of unbranched alkanes of at least 4 members (excludes halogenated alkanes) is 3. The predicted molar refractivity (Wildman–Crippen MR) is 87.4 cm³/mol. The lowest BCUT2D eigenvalue weighted by atomic mass is 10.2. The van der Waals surface area contributed by atoms with Crippen molar-refractivity contribution in [1.29, 1.82) is 0 Å². The molecule has 0 fully saturated rings. The fourth-order valence-electron chi connectivity index (χ4n) is 2.45. The number of pyridine rings is 1. The highest BCUT2D eigenvalue weighted by molar-refractivity contribution is 7.99. The summed E-state index contributed by atoms with van der Waals surface area (Å²) in [4.78, 5) is 8.42. The van der Waals surface area contributed by atoms with Crippen molar-refractivity contribution in [1.82, 2.24) is 24.6 Å². The number of nitrogens with zero attached hydrogens (tertiary/aromatic N) is 5. The van der Waals surface area contributed by atoms with Gasteiger partial charge in [-0.2, -0.15) is 13.2 Å². The molecule has 0 aliphatic heterocycles. The third-order valence-corrected chi connectivity index (χ3v) is 4.64. The Hall–Kier alpha value is -1.94. The van der Waals surface area contributed by atoms with Gasteiger partial charge < -0.3 is 5.11 Å². The molecule has 1 N–H and O–H groups in total. The molecule has 3 aromatic rings. The average molecular weight is 371 g/mol. The summed E-state index contributed by atoms with van der Waals surface area (Å²) in [7, 11) is 0. The standard InChI is InChI=1S/C15H16F3N5OS/c16-15(17,18)14-22-21-12-13(25-9-4-2-1-3-8-24)20-10-6-5-7-19-11(10)23(12)14/h5-7,24H,1-4,8-9H2. The quantitative estimate of drug-likeness (QED) is 0.507. The third-order valence-electron chi connectivity index (χ3n) is 3.60. The van der Waals surface area contributed by atoms with Gasteiger partial charge in [-0.1, -0.05) is 12.8 Å². The van der Waals surface area contributed by atoms with E-state index < -0.39 is 12.0 Å². The highest BCUT2D eigenvalue weighted by atomic mass is 32.2. The average Bonchev–Trinajstić information content (AvgIpc) is 3.04. The molecule has 3 heterocycles. The molecule has 3 rings (SSSR count). The third kappa shape index (κ3) is 3.84. The lowest BCUT2D eigenvalue weighted by Gasteiger charge is -2.08. The van der Waals surface area contributed by atoms with E-state index in [1.807, 2.05) is 0 Å². The minimum atomic E-state index is -4.63. The molecule has 0 saturated heterocycles. The molecule has 6 nitrogen and oxygen atoms in total. The number of hydrogen-bond donors (Lipinski definition) is 1. The molecular weight excluding hydrogens is 355 g/mol. The van der Waals surface area contributed by atoms with Crippen molar-refractivity contribution in [3.05, 3.63) is 24.2 Å². The van der Waals surface area contributed by atoms with Crippen molar-refractivity contribution < 1.29 is 18.3 Å². The largest absolute Gasteiger partial charge is 0.452 e. The lowest BCUT2D eigenvalue weighted by molar-refractivity contribution is -0.145. The van der Waals surface area contributed by atoms with E-state index in [-0.39, 0.29) is 17.9 Å². The van der Waals surface area contributed by atoms with E-state index in [0.29, 0.717) is 16.3 Å². The zero-order chi connectivity index (χ0) is 17.9. The van der Waals surface area contributed by atoms with Crippen molar-refractivity contribution in [2.24, 2.45) is 0 Å². The van der Waals surface area contributed by atoms with Crippen LogP contribution in [0.4, 0.5) is 13.2 Å². The van der Waals surface area contributed by atoms with Crippen molar-refractivity contribution in [3.8, 4) is 0 Å². The summed E-state index contributed by atoms with van der Waals surface area (Å²) in [5, 5.41) is 16.2. The monoisotopic (exact) mass is 371 g/mol. The summed E-state index contributed by atoms with van der Waals surface area (Å²) in [5.74, 6) is -0.396. The molecular formula is C15H16F3N5OS. The van der Waals surface area contributed by atoms with Gasteiger partial charge >= 0.3 is 6.18 Å². The Morgan fingerprint density at radius 2 is 1.88 bits per heavy atom. The van der Waals surface area contributed by atoms with Gasteiger partial charge in [0.2, 0.25) is 5.82 Å². The molecule has 0 unspecified atom stereocenters. The maximum Gasteiger partial charge on any atom is 0.452 e. The van der Waals surface area contributed by atoms with E-state index in [1.165, 1.54) is 18.0 Å². The summed E-state index contributed by atoms with van der Waals surface area (Å²) >= 11 is 1.35. The summed E-state index contributed by atoms with van der Waals surface area (Å²) in [6, 6.07) is 3.25. The van der Waals surface area contributed by atoms with Crippen LogP contribution in [-0.2, 0) is 6.18 Å². The molecule has 0 radical (unpaired) electrons. The molecule has 10 heteroatoms. The molecule has 0 atom stereocenters. The summed E-state index contributed by atoms with van der Waals surface area (Å²) in [5.41, 5.74) is 0.518. The van der Waals surface area contributed by atoms with Crippen molar-refractivity contribution in [2.75, 3.05) is 12.4 Å². The van der Waals surface area contributed by atoms with Gasteiger partial charge in [0.25, 0.3) is 0 Å². The maximum atomic E-state index is 13.2. The Morgan fingerprint density at radius 1 is 1.08 bits per heavy atom. The van der Waals surface area contributed by atoms with Gasteiger partial charge in [-0.25, -0.2) is 9.97 Å². The van der Waals surface area contributed by atoms with Crippen LogP contribution in [0, 0.1) is 0 Å². The fourth-order valence-corrected chi connectivity index (χ4v) is 3.41. The SMILES string of the molecule is OCCCCCCSc1nc2cccnc2n2c(C(F)(F)F)nnc12. The van der Waals surface area contributed by atoms with Crippen LogP contribution in [0.3, 0.4) is 0 Å². The first kappa shape index (κ1) is 17.9. The minimum Gasteiger partial charge on any atom is -0.396 e. The highest BCUT2D eigenvalue weighted by Gasteiger charge is 2.38. The highest BCUT2D eigenvalue weighted by Crippen LogP contribution is 2.32. The van der Waals surface area contributed by atoms with Gasteiger partial charge in [0, 0.05) is 12.8 Å². The Kier molecular flexibility index (Phi) is 5.38. The van der Waals surface area contributed by atoms with Crippen molar-refractivity contribution in [2.45, 2.75) is 36.9 Å². The predicted octanol–water partition coefficient (Wildman–Crippen LogP) is 3.34. The Bertz CT molecular complexity index is 867. The number of aliphatic hydroxyl groups is 1. The number of rotatable bonds is 7. The van der Waals surface area contributed by atoms with Crippen molar-refractivity contribution in [3.63, 3.8) is 0 Å². The molecule has 0 aliphatic carbocycles. The lowest BCUT2D eigenvalue weighted by Crippen LogP contribution is -2.12. The first-order chi connectivity index (χ1) is 12.0. The molecule has 0 spiro atoms. The van der Waals surface area contributed by atoms with Crippen LogP contribution in [-0.4, -0.2) is 42.0 Å². The van der Waals surface area contributed by atoms with Gasteiger partial charge in [0.05, 0.1) is 0 Å². The topological polar surface area (TPSA) is 76.2 Å².